The number of hydrogen-bond acceptors (Lipinski definition) is 4. The summed E-state index contributed by atoms with van der Waals surface area (Å²) in [7, 11) is 3.18. The number of nitrogens with one attached hydrogen (secondary N) is 1. The lowest BCUT2D eigenvalue weighted by molar-refractivity contribution is 0.355. The molecule has 0 aliphatic rings. The van der Waals surface area contributed by atoms with E-state index >= 15 is 0 Å². The fourth-order valence-corrected chi connectivity index (χ4v) is 2.37. The van der Waals surface area contributed by atoms with Gasteiger partial charge < -0.3 is 14.5 Å². The fourth-order valence-electron chi connectivity index (χ4n) is 1.67. The number of H-pyrrole nitrogens is 1. The zero-order chi connectivity index (χ0) is 12.4. The molecule has 1 aromatic carbocycles. The standard InChI is InChI=1S/C12H13NO3S/c1-7-11(13-12(14)17-7)8-4-5-9(15-2)10(6-8)16-3/h4-6H,1-3H3,(H,13,14). The molecule has 0 aliphatic carbocycles. The second-order valence-electron chi connectivity index (χ2n) is 3.52. The van der Waals surface area contributed by atoms with Crippen LogP contribution >= 0.6 is 11.3 Å². The molecular formula is C12H13NO3S. The second kappa shape index (κ2) is 4.63. The lowest BCUT2D eigenvalue weighted by Crippen LogP contribution is -1.94. The van der Waals surface area contributed by atoms with Gasteiger partial charge in [-0.25, -0.2) is 0 Å². The van der Waals surface area contributed by atoms with Crippen molar-refractivity contribution < 1.29 is 9.47 Å². The number of rotatable bonds is 3. The minimum Gasteiger partial charge on any atom is -0.493 e. The summed E-state index contributed by atoms with van der Waals surface area (Å²) in [5.41, 5.74) is 1.75. The van der Waals surface area contributed by atoms with E-state index in [1.807, 2.05) is 25.1 Å². The molecule has 0 spiro atoms. The molecule has 1 aromatic heterocycles. The molecule has 0 unspecified atom stereocenters. The third-order valence-electron chi connectivity index (χ3n) is 2.50. The van der Waals surface area contributed by atoms with Gasteiger partial charge in [0.15, 0.2) is 11.5 Å². The first kappa shape index (κ1) is 11.7. The second-order valence-corrected chi connectivity index (χ2v) is 4.70. The van der Waals surface area contributed by atoms with E-state index in [2.05, 4.69) is 4.98 Å². The van der Waals surface area contributed by atoms with Gasteiger partial charge in [-0.1, -0.05) is 11.3 Å². The summed E-state index contributed by atoms with van der Waals surface area (Å²) in [5, 5.41) is 0. The Kier molecular flexibility index (Phi) is 3.19. The molecule has 4 nitrogen and oxygen atoms in total. The molecule has 0 atom stereocenters. The molecule has 2 aromatic rings. The van der Waals surface area contributed by atoms with Crippen LogP contribution in [0.2, 0.25) is 0 Å². The summed E-state index contributed by atoms with van der Waals surface area (Å²) in [4.78, 5) is 15.0. The largest absolute Gasteiger partial charge is 0.493 e. The first-order chi connectivity index (χ1) is 8.15. The van der Waals surface area contributed by atoms with Gasteiger partial charge in [0.2, 0.25) is 0 Å². The van der Waals surface area contributed by atoms with Crippen LogP contribution in [0.4, 0.5) is 0 Å². The van der Waals surface area contributed by atoms with Crippen LogP contribution < -0.4 is 14.3 Å². The summed E-state index contributed by atoms with van der Waals surface area (Å²) < 4.78 is 10.4. The van der Waals surface area contributed by atoms with E-state index in [4.69, 9.17) is 9.47 Å². The van der Waals surface area contributed by atoms with Crippen LogP contribution in [0.3, 0.4) is 0 Å². The van der Waals surface area contributed by atoms with E-state index in [0.717, 1.165) is 16.1 Å². The molecule has 17 heavy (non-hydrogen) atoms. The average Bonchev–Trinajstić information content (AvgIpc) is 2.67. The van der Waals surface area contributed by atoms with Gasteiger partial charge in [-0.05, 0) is 25.1 Å². The third kappa shape index (κ3) is 2.19. The highest BCUT2D eigenvalue weighted by atomic mass is 32.1. The van der Waals surface area contributed by atoms with E-state index in [-0.39, 0.29) is 4.87 Å². The quantitative estimate of drug-likeness (QED) is 0.911. The van der Waals surface area contributed by atoms with Crippen LogP contribution in [0.15, 0.2) is 23.0 Å². The van der Waals surface area contributed by atoms with Gasteiger partial charge in [-0.2, -0.15) is 0 Å². The zero-order valence-corrected chi connectivity index (χ0v) is 10.7. The van der Waals surface area contributed by atoms with Crippen molar-refractivity contribution in [2.45, 2.75) is 6.92 Å². The summed E-state index contributed by atoms with van der Waals surface area (Å²) in [5.74, 6) is 1.32. The molecule has 0 amide bonds. The highest BCUT2D eigenvalue weighted by Gasteiger charge is 2.10. The zero-order valence-electron chi connectivity index (χ0n) is 9.87. The highest BCUT2D eigenvalue weighted by Crippen LogP contribution is 2.32. The Morgan fingerprint density at radius 3 is 2.41 bits per heavy atom. The minimum atomic E-state index is -0.0488. The van der Waals surface area contributed by atoms with Crippen LogP contribution in [0.5, 0.6) is 11.5 Å². The van der Waals surface area contributed by atoms with Gasteiger partial charge in [0.1, 0.15) is 0 Å². The van der Waals surface area contributed by atoms with Crippen molar-refractivity contribution in [1.29, 1.82) is 0 Å². The first-order valence-corrected chi connectivity index (χ1v) is 5.89. The van der Waals surface area contributed by atoms with E-state index < -0.39 is 0 Å². The van der Waals surface area contributed by atoms with Crippen molar-refractivity contribution >= 4 is 11.3 Å². The van der Waals surface area contributed by atoms with E-state index in [1.54, 1.807) is 14.2 Å². The van der Waals surface area contributed by atoms with Gasteiger partial charge in [-0.3, -0.25) is 4.79 Å². The number of ether oxygens (including phenoxy) is 2. The molecule has 2 rings (SSSR count). The molecule has 0 saturated heterocycles. The number of methoxy groups -OCH3 is 2. The number of thiazole rings is 1. The maximum Gasteiger partial charge on any atom is 0.305 e. The van der Waals surface area contributed by atoms with Crippen molar-refractivity contribution in [1.82, 2.24) is 4.98 Å². The first-order valence-electron chi connectivity index (χ1n) is 5.08. The molecule has 0 aliphatic heterocycles. The van der Waals surface area contributed by atoms with Gasteiger partial charge >= 0.3 is 4.87 Å². The predicted molar refractivity (Wildman–Crippen MR) is 68.2 cm³/mol. The summed E-state index contributed by atoms with van der Waals surface area (Å²) in [6.45, 7) is 1.91. The molecule has 0 fully saturated rings. The SMILES string of the molecule is COc1ccc(-c2[nH]c(=O)sc2C)cc1OC. The van der Waals surface area contributed by atoms with E-state index in [9.17, 15) is 4.79 Å². The van der Waals surface area contributed by atoms with Crippen LogP contribution in [0.25, 0.3) is 11.3 Å². The van der Waals surface area contributed by atoms with Crippen molar-refractivity contribution in [3.05, 3.63) is 32.7 Å². The predicted octanol–water partition coefficient (Wildman–Crippen LogP) is 2.43. The highest BCUT2D eigenvalue weighted by molar-refractivity contribution is 7.09. The monoisotopic (exact) mass is 251 g/mol. The van der Waals surface area contributed by atoms with E-state index in [1.165, 1.54) is 11.3 Å². The molecular weight excluding hydrogens is 238 g/mol. The molecule has 0 bridgehead atoms. The van der Waals surface area contributed by atoms with Crippen molar-refractivity contribution in [3.63, 3.8) is 0 Å². The Bertz CT molecular complexity index is 586. The van der Waals surface area contributed by atoms with Crippen molar-refractivity contribution in [2.75, 3.05) is 14.2 Å². The number of hydrogen-bond donors (Lipinski definition) is 1. The Morgan fingerprint density at radius 2 is 1.88 bits per heavy atom. The number of aromatic nitrogens is 1. The van der Waals surface area contributed by atoms with Gasteiger partial charge in [-0.15, -0.1) is 0 Å². The van der Waals surface area contributed by atoms with Crippen LogP contribution in [0.1, 0.15) is 4.88 Å². The smallest absolute Gasteiger partial charge is 0.305 e. The fraction of sp³-hybridized carbons (Fsp3) is 0.250. The maximum absolute atomic E-state index is 11.3. The maximum atomic E-state index is 11.3. The lowest BCUT2D eigenvalue weighted by Gasteiger charge is -2.09. The average molecular weight is 251 g/mol. The summed E-state index contributed by atoms with van der Waals surface area (Å²) in [6.07, 6.45) is 0. The number of aryl methyl sites for hydroxylation is 1. The number of aromatic amines is 1. The van der Waals surface area contributed by atoms with Crippen molar-refractivity contribution in [2.24, 2.45) is 0 Å². The minimum absolute atomic E-state index is 0.0488. The van der Waals surface area contributed by atoms with Crippen LogP contribution in [-0.2, 0) is 0 Å². The molecule has 0 saturated carbocycles. The Balaban J connectivity index is 2.53. The van der Waals surface area contributed by atoms with Crippen molar-refractivity contribution in [3.8, 4) is 22.8 Å². The topological polar surface area (TPSA) is 51.3 Å². The summed E-state index contributed by atoms with van der Waals surface area (Å²) >= 11 is 1.20. The van der Waals surface area contributed by atoms with E-state index in [0.29, 0.717) is 11.5 Å². The summed E-state index contributed by atoms with van der Waals surface area (Å²) in [6, 6.07) is 5.57. The number of benzene rings is 1. The van der Waals surface area contributed by atoms with Crippen LogP contribution in [-0.4, -0.2) is 19.2 Å². The Morgan fingerprint density at radius 1 is 1.18 bits per heavy atom. The molecule has 90 valence electrons. The van der Waals surface area contributed by atoms with Gasteiger partial charge in [0.05, 0.1) is 19.9 Å². The van der Waals surface area contributed by atoms with Gasteiger partial charge in [0.25, 0.3) is 0 Å². The Labute approximate surface area is 103 Å². The third-order valence-corrected chi connectivity index (χ3v) is 3.29. The molecule has 1 heterocycles. The lowest BCUT2D eigenvalue weighted by atomic mass is 10.1. The normalized spacial score (nSPS) is 10.3. The molecule has 0 radical (unpaired) electrons. The molecule has 1 N–H and O–H groups in total. The van der Waals surface area contributed by atoms with Gasteiger partial charge in [0, 0.05) is 10.4 Å². The Hall–Kier alpha value is -1.75. The van der Waals surface area contributed by atoms with Crippen LogP contribution in [0, 0.1) is 6.92 Å². The molecule has 5 heteroatoms.